The maximum Gasteiger partial charge on any atom is 0.255 e. The lowest BCUT2D eigenvalue weighted by atomic mass is 9.76. The van der Waals surface area contributed by atoms with Gasteiger partial charge in [0.25, 0.3) is 5.91 Å². The van der Waals surface area contributed by atoms with Crippen molar-refractivity contribution in [2.24, 2.45) is 5.41 Å². The van der Waals surface area contributed by atoms with E-state index in [-0.39, 0.29) is 18.1 Å². The fourth-order valence-corrected chi connectivity index (χ4v) is 4.23. The van der Waals surface area contributed by atoms with Gasteiger partial charge in [-0.05, 0) is 64.9 Å². The van der Waals surface area contributed by atoms with Crippen molar-refractivity contribution in [3.05, 3.63) is 47.7 Å². The zero-order valence-electron chi connectivity index (χ0n) is 15.7. The summed E-state index contributed by atoms with van der Waals surface area (Å²) in [6.07, 6.45) is 4.65. The Kier molecular flexibility index (Phi) is 3.92. The number of tetrazole rings is 1. The highest BCUT2D eigenvalue weighted by molar-refractivity contribution is 5.94. The third kappa shape index (κ3) is 3.04. The molecule has 5 rings (SSSR count). The molecule has 0 unspecified atom stereocenters. The SMILES string of the molecule is C[C@@]1(Cc2ccc3c(c2)OCO3)CCCN(C(=O)c2ccc3nnnn3c2)C1. The van der Waals surface area contributed by atoms with E-state index in [1.54, 1.807) is 18.3 Å². The van der Waals surface area contributed by atoms with Crippen molar-refractivity contribution in [2.75, 3.05) is 19.9 Å². The minimum atomic E-state index is 0.0144. The Balaban J connectivity index is 1.33. The predicted molar refractivity (Wildman–Crippen MR) is 100 cm³/mol. The third-order valence-corrected chi connectivity index (χ3v) is 5.57. The molecule has 1 amide bonds. The second-order valence-electron chi connectivity index (χ2n) is 7.90. The zero-order chi connectivity index (χ0) is 19.1. The summed E-state index contributed by atoms with van der Waals surface area (Å²) < 4.78 is 12.4. The lowest BCUT2D eigenvalue weighted by Crippen LogP contribution is -2.45. The number of aromatic nitrogens is 4. The van der Waals surface area contributed by atoms with Crippen molar-refractivity contribution in [3.8, 4) is 11.5 Å². The van der Waals surface area contributed by atoms with E-state index in [0.29, 0.717) is 17.8 Å². The standard InChI is InChI=1S/C20H21N5O3/c1-20(10-14-3-5-16-17(9-14)28-13-27-16)7-2-8-24(12-20)19(26)15-4-6-18-21-22-23-25(18)11-15/h3-6,9,11H,2,7-8,10,12-13H2,1H3/t20-/m0/s1. The first-order chi connectivity index (χ1) is 13.6. The first-order valence-electron chi connectivity index (χ1n) is 9.45. The molecule has 0 saturated carbocycles. The van der Waals surface area contributed by atoms with Crippen LogP contribution in [0.5, 0.6) is 11.5 Å². The molecule has 1 atom stereocenters. The van der Waals surface area contributed by atoms with E-state index in [1.165, 1.54) is 10.1 Å². The highest BCUT2D eigenvalue weighted by Crippen LogP contribution is 2.37. The van der Waals surface area contributed by atoms with E-state index < -0.39 is 0 Å². The molecule has 4 heterocycles. The normalized spacial score (nSPS) is 21.2. The molecule has 144 valence electrons. The van der Waals surface area contributed by atoms with Gasteiger partial charge in [0.05, 0.1) is 5.56 Å². The third-order valence-electron chi connectivity index (χ3n) is 5.57. The van der Waals surface area contributed by atoms with Crippen LogP contribution >= 0.6 is 0 Å². The topological polar surface area (TPSA) is 81.9 Å². The first kappa shape index (κ1) is 17.0. The molecule has 0 bridgehead atoms. The van der Waals surface area contributed by atoms with Gasteiger partial charge >= 0.3 is 0 Å². The molecule has 0 aliphatic carbocycles. The minimum Gasteiger partial charge on any atom is -0.454 e. The van der Waals surface area contributed by atoms with E-state index in [2.05, 4.69) is 34.6 Å². The quantitative estimate of drug-likeness (QED) is 0.695. The van der Waals surface area contributed by atoms with Crippen LogP contribution in [0.4, 0.5) is 0 Å². The molecule has 1 aromatic carbocycles. The molecule has 0 N–H and O–H groups in total. The van der Waals surface area contributed by atoms with Gasteiger partial charge in [-0.1, -0.05) is 13.0 Å². The molecule has 2 aliphatic rings. The van der Waals surface area contributed by atoms with Gasteiger partial charge in [0, 0.05) is 19.3 Å². The number of piperidine rings is 1. The van der Waals surface area contributed by atoms with Gasteiger partial charge in [-0.25, -0.2) is 0 Å². The van der Waals surface area contributed by atoms with Gasteiger partial charge in [-0.15, -0.1) is 5.10 Å². The van der Waals surface area contributed by atoms with Crippen molar-refractivity contribution in [3.63, 3.8) is 0 Å². The van der Waals surface area contributed by atoms with Gasteiger partial charge in [-0.3, -0.25) is 4.79 Å². The number of rotatable bonds is 3. The van der Waals surface area contributed by atoms with Crippen LogP contribution in [0.1, 0.15) is 35.7 Å². The molecule has 8 heteroatoms. The Labute approximate surface area is 162 Å². The van der Waals surface area contributed by atoms with Crippen LogP contribution in [0.15, 0.2) is 36.5 Å². The summed E-state index contributed by atoms with van der Waals surface area (Å²) in [5.41, 5.74) is 2.45. The number of ether oxygens (including phenoxy) is 2. The largest absolute Gasteiger partial charge is 0.454 e. The molecule has 1 saturated heterocycles. The molecule has 28 heavy (non-hydrogen) atoms. The highest BCUT2D eigenvalue weighted by Gasteiger charge is 2.34. The van der Waals surface area contributed by atoms with Crippen LogP contribution < -0.4 is 9.47 Å². The van der Waals surface area contributed by atoms with Crippen LogP contribution in [0.3, 0.4) is 0 Å². The summed E-state index contributed by atoms with van der Waals surface area (Å²) in [4.78, 5) is 15.0. The van der Waals surface area contributed by atoms with Gasteiger partial charge in [0.15, 0.2) is 17.1 Å². The molecular formula is C20H21N5O3. The minimum absolute atomic E-state index is 0.0144. The van der Waals surface area contributed by atoms with E-state index >= 15 is 0 Å². The van der Waals surface area contributed by atoms with Crippen molar-refractivity contribution in [1.29, 1.82) is 0 Å². The molecular weight excluding hydrogens is 358 g/mol. The van der Waals surface area contributed by atoms with E-state index in [4.69, 9.17) is 9.47 Å². The molecule has 0 spiro atoms. The molecule has 8 nitrogen and oxygen atoms in total. The lowest BCUT2D eigenvalue weighted by Gasteiger charge is -2.40. The highest BCUT2D eigenvalue weighted by atomic mass is 16.7. The van der Waals surface area contributed by atoms with Crippen LogP contribution in [0, 0.1) is 5.41 Å². The molecule has 2 aromatic heterocycles. The van der Waals surface area contributed by atoms with Crippen molar-refractivity contribution < 1.29 is 14.3 Å². The first-order valence-corrected chi connectivity index (χ1v) is 9.45. The maximum absolute atomic E-state index is 13.1. The smallest absolute Gasteiger partial charge is 0.255 e. The Morgan fingerprint density at radius 2 is 2.11 bits per heavy atom. The lowest BCUT2D eigenvalue weighted by molar-refractivity contribution is 0.0550. The second kappa shape index (κ2) is 6.47. The molecule has 0 radical (unpaired) electrons. The number of amides is 1. The van der Waals surface area contributed by atoms with Gasteiger partial charge in [0.2, 0.25) is 6.79 Å². The van der Waals surface area contributed by atoms with Gasteiger partial charge in [-0.2, -0.15) is 4.52 Å². The summed E-state index contributed by atoms with van der Waals surface area (Å²) in [6.45, 7) is 4.02. The number of fused-ring (bicyclic) bond motifs is 2. The summed E-state index contributed by atoms with van der Waals surface area (Å²) in [5, 5.41) is 11.4. The summed E-state index contributed by atoms with van der Waals surface area (Å²) in [7, 11) is 0. The number of hydrogen-bond acceptors (Lipinski definition) is 6. The van der Waals surface area contributed by atoms with E-state index in [0.717, 1.165) is 37.3 Å². The van der Waals surface area contributed by atoms with Crippen LogP contribution in [-0.2, 0) is 6.42 Å². The zero-order valence-corrected chi connectivity index (χ0v) is 15.7. The summed E-state index contributed by atoms with van der Waals surface area (Å²) in [6, 6.07) is 9.67. The van der Waals surface area contributed by atoms with Crippen LogP contribution in [-0.4, -0.2) is 50.7 Å². The number of pyridine rings is 1. The number of hydrogen-bond donors (Lipinski definition) is 0. The van der Waals surface area contributed by atoms with Crippen molar-refractivity contribution in [2.45, 2.75) is 26.2 Å². The number of benzene rings is 1. The van der Waals surface area contributed by atoms with Crippen LogP contribution in [0.2, 0.25) is 0 Å². The summed E-state index contributed by atoms with van der Waals surface area (Å²) in [5.74, 6) is 1.63. The number of carbonyl (C=O) groups excluding carboxylic acids is 1. The number of likely N-dealkylation sites (tertiary alicyclic amines) is 1. The molecule has 1 fully saturated rings. The maximum atomic E-state index is 13.1. The van der Waals surface area contributed by atoms with E-state index in [9.17, 15) is 4.79 Å². The van der Waals surface area contributed by atoms with Crippen molar-refractivity contribution >= 4 is 11.6 Å². The Bertz CT molecular complexity index is 1050. The van der Waals surface area contributed by atoms with Crippen LogP contribution in [0.25, 0.3) is 5.65 Å². The fourth-order valence-electron chi connectivity index (χ4n) is 4.23. The average Bonchev–Trinajstić information content (AvgIpc) is 3.35. The Hall–Kier alpha value is -3.16. The fraction of sp³-hybridized carbons (Fsp3) is 0.400. The Morgan fingerprint density at radius 1 is 1.21 bits per heavy atom. The van der Waals surface area contributed by atoms with E-state index in [1.807, 2.05) is 11.0 Å². The van der Waals surface area contributed by atoms with Crippen molar-refractivity contribution in [1.82, 2.24) is 24.9 Å². The number of nitrogens with zero attached hydrogens (tertiary/aromatic N) is 5. The second-order valence-corrected chi connectivity index (χ2v) is 7.90. The molecule has 3 aromatic rings. The summed E-state index contributed by atoms with van der Waals surface area (Å²) >= 11 is 0. The average molecular weight is 379 g/mol. The monoisotopic (exact) mass is 379 g/mol. The van der Waals surface area contributed by atoms with Gasteiger partial charge < -0.3 is 14.4 Å². The molecule has 2 aliphatic heterocycles. The van der Waals surface area contributed by atoms with Gasteiger partial charge in [0.1, 0.15) is 0 Å². The number of carbonyl (C=O) groups is 1. The predicted octanol–water partition coefficient (Wildman–Crippen LogP) is 2.34. The Morgan fingerprint density at radius 3 is 3.04 bits per heavy atom.